The zero-order valence-corrected chi connectivity index (χ0v) is 19.5. The summed E-state index contributed by atoms with van der Waals surface area (Å²) in [5.74, 6) is 4.07. The Morgan fingerprint density at radius 3 is 1.79 bits per heavy atom. The van der Waals surface area contributed by atoms with Gasteiger partial charge in [0.15, 0.2) is 0 Å². The lowest BCUT2D eigenvalue weighted by molar-refractivity contribution is -0.157. The Kier molecular flexibility index (Phi) is 9.86. The van der Waals surface area contributed by atoms with E-state index in [0.717, 1.165) is 49.4 Å². The Morgan fingerprint density at radius 2 is 1.21 bits per heavy atom. The van der Waals surface area contributed by atoms with Crippen LogP contribution in [0.3, 0.4) is 0 Å². The van der Waals surface area contributed by atoms with Crippen molar-refractivity contribution < 1.29 is 9.53 Å². The van der Waals surface area contributed by atoms with Crippen LogP contribution in [0.25, 0.3) is 0 Å². The minimum absolute atomic E-state index is 0.143. The Balaban J connectivity index is 1.30. The number of rotatable bonds is 9. The molecule has 0 heterocycles. The third-order valence-electron chi connectivity index (χ3n) is 8.65. The van der Waals surface area contributed by atoms with Crippen molar-refractivity contribution in [1.29, 1.82) is 0 Å². The molecule has 0 aromatic heterocycles. The molecule has 3 aliphatic carbocycles. The molecule has 3 rings (SSSR count). The van der Waals surface area contributed by atoms with Gasteiger partial charge < -0.3 is 4.74 Å². The van der Waals surface area contributed by atoms with Crippen LogP contribution in [-0.4, -0.2) is 12.1 Å². The fraction of sp³-hybridized carbons (Fsp3) is 0.963. The lowest BCUT2D eigenvalue weighted by Crippen LogP contribution is -2.32. The molecule has 0 saturated heterocycles. The third kappa shape index (κ3) is 7.28. The molecular formula is C27H48O2. The summed E-state index contributed by atoms with van der Waals surface area (Å²) in [6, 6.07) is 0. The molecule has 0 aliphatic heterocycles. The van der Waals surface area contributed by atoms with Gasteiger partial charge in [-0.25, -0.2) is 0 Å². The lowest BCUT2D eigenvalue weighted by atomic mass is 9.69. The summed E-state index contributed by atoms with van der Waals surface area (Å²) in [4.78, 5) is 12.7. The number of esters is 1. The van der Waals surface area contributed by atoms with Crippen LogP contribution in [0.5, 0.6) is 0 Å². The minimum Gasteiger partial charge on any atom is -0.462 e. The van der Waals surface area contributed by atoms with Crippen molar-refractivity contribution in [2.24, 2.45) is 29.6 Å². The number of carbonyl (C=O) groups excluding carboxylic acids is 1. The van der Waals surface area contributed by atoms with Crippen molar-refractivity contribution in [3.05, 3.63) is 0 Å². The maximum atomic E-state index is 12.7. The van der Waals surface area contributed by atoms with Crippen molar-refractivity contribution in [1.82, 2.24) is 0 Å². The van der Waals surface area contributed by atoms with Gasteiger partial charge in [0.05, 0.1) is 5.92 Å². The van der Waals surface area contributed by atoms with E-state index in [1.807, 2.05) is 0 Å². The first kappa shape index (κ1) is 23.1. The molecule has 168 valence electrons. The maximum Gasteiger partial charge on any atom is 0.309 e. The molecule has 0 spiro atoms. The van der Waals surface area contributed by atoms with E-state index in [9.17, 15) is 4.79 Å². The highest BCUT2D eigenvalue weighted by Gasteiger charge is 2.34. The van der Waals surface area contributed by atoms with Gasteiger partial charge in [0.25, 0.3) is 0 Å². The molecule has 0 N–H and O–H groups in total. The van der Waals surface area contributed by atoms with Gasteiger partial charge in [-0.05, 0) is 87.9 Å². The molecule has 0 unspecified atom stereocenters. The van der Waals surface area contributed by atoms with Crippen LogP contribution in [-0.2, 0) is 9.53 Å². The molecule has 0 aromatic rings. The summed E-state index contributed by atoms with van der Waals surface area (Å²) in [5.41, 5.74) is 0. The number of unbranched alkanes of at least 4 members (excludes halogenated alkanes) is 2. The summed E-state index contributed by atoms with van der Waals surface area (Å²) in [5, 5.41) is 0. The Labute approximate surface area is 180 Å². The lowest BCUT2D eigenvalue weighted by Gasteiger charge is -2.37. The van der Waals surface area contributed by atoms with Crippen molar-refractivity contribution in [2.75, 3.05) is 0 Å². The highest BCUT2D eigenvalue weighted by atomic mass is 16.5. The Morgan fingerprint density at radius 1 is 0.655 bits per heavy atom. The van der Waals surface area contributed by atoms with Gasteiger partial charge in [0, 0.05) is 0 Å². The van der Waals surface area contributed by atoms with E-state index in [-0.39, 0.29) is 18.0 Å². The van der Waals surface area contributed by atoms with Gasteiger partial charge in [-0.2, -0.15) is 0 Å². The molecule has 0 aromatic carbocycles. The van der Waals surface area contributed by atoms with Gasteiger partial charge in [-0.15, -0.1) is 0 Å². The molecule has 0 atom stereocenters. The molecule has 29 heavy (non-hydrogen) atoms. The minimum atomic E-state index is 0.143. The summed E-state index contributed by atoms with van der Waals surface area (Å²) in [7, 11) is 0. The van der Waals surface area contributed by atoms with E-state index in [1.54, 1.807) is 0 Å². The molecular weight excluding hydrogens is 356 g/mol. The first-order valence-corrected chi connectivity index (χ1v) is 13.4. The van der Waals surface area contributed by atoms with Crippen molar-refractivity contribution in [3.63, 3.8) is 0 Å². The van der Waals surface area contributed by atoms with Gasteiger partial charge in [-0.1, -0.05) is 65.2 Å². The predicted octanol–water partition coefficient (Wildman–Crippen LogP) is 8.08. The summed E-state index contributed by atoms with van der Waals surface area (Å²) < 4.78 is 5.99. The van der Waals surface area contributed by atoms with Crippen LogP contribution >= 0.6 is 0 Å². The van der Waals surface area contributed by atoms with Crippen molar-refractivity contribution >= 4 is 5.97 Å². The second-order valence-electron chi connectivity index (χ2n) is 10.8. The smallest absolute Gasteiger partial charge is 0.309 e. The van der Waals surface area contributed by atoms with Crippen molar-refractivity contribution in [3.8, 4) is 0 Å². The Bertz CT molecular complexity index is 449. The van der Waals surface area contributed by atoms with Crippen LogP contribution < -0.4 is 0 Å². The zero-order chi connectivity index (χ0) is 20.5. The largest absolute Gasteiger partial charge is 0.462 e. The molecule has 3 aliphatic rings. The fourth-order valence-corrected chi connectivity index (χ4v) is 6.66. The standard InChI is InChI=1S/C27H48O2/c1-3-5-6-8-22-11-19-26(20-12-22)29-27(28)25-17-15-24(16-18-25)23-13-9-21(7-4-2)10-14-23/h21-26H,3-20H2,1-2H3/t21-,22-,23-,24-,25-,26-. The quantitative estimate of drug-likeness (QED) is 0.287. The second kappa shape index (κ2) is 12.4. The molecule has 0 radical (unpaired) electrons. The zero-order valence-electron chi connectivity index (χ0n) is 19.5. The predicted molar refractivity (Wildman–Crippen MR) is 122 cm³/mol. The monoisotopic (exact) mass is 404 g/mol. The van der Waals surface area contributed by atoms with E-state index in [0.29, 0.717) is 0 Å². The van der Waals surface area contributed by atoms with Gasteiger partial charge >= 0.3 is 5.97 Å². The van der Waals surface area contributed by atoms with Crippen molar-refractivity contribution in [2.45, 2.75) is 136 Å². The van der Waals surface area contributed by atoms with Crippen LogP contribution in [0.2, 0.25) is 0 Å². The number of hydrogen-bond acceptors (Lipinski definition) is 2. The number of carbonyl (C=O) groups is 1. The van der Waals surface area contributed by atoms with Gasteiger partial charge in [-0.3, -0.25) is 4.79 Å². The molecule has 0 bridgehead atoms. The summed E-state index contributed by atoms with van der Waals surface area (Å²) >= 11 is 0. The molecule has 3 saturated carbocycles. The van der Waals surface area contributed by atoms with Gasteiger partial charge in [0.1, 0.15) is 6.10 Å². The van der Waals surface area contributed by atoms with E-state index in [2.05, 4.69) is 13.8 Å². The molecule has 2 nitrogen and oxygen atoms in total. The SMILES string of the molecule is CCCCC[C@H]1CC[C@H](OC(=O)[C@H]2CC[C@H]([C@H]3CC[C@H](CCC)CC3)CC2)CC1. The summed E-state index contributed by atoms with van der Waals surface area (Å²) in [6.45, 7) is 4.60. The molecule has 0 amide bonds. The second-order valence-corrected chi connectivity index (χ2v) is 10.8. The number of hydrogen-bond donors (Lipinski definition) is 0. The van der Waals surface area contributed by atoms with E-state index < -0.39 is 0 Å². The van der Waals surface area contributed by atoms with Crippen LogP contribution in [0.4, 0.5) is 0 Å². The molecule has 2 heteroatoms. The fourth-order valence-electron chi connectivity index (χ4n) is 6.66. The van der Waals surface area contributed by atoms with Crippen LogP contribution in [0.1, 0.15) is 129 Å². The maximum absolute atomic E-state index is 12.7. The highest BCUT2D eigenvalue weighted by Crippen LogP contribution is 2.42. The van der Waals surface area contributed by atoms with Crippen LogP contribution in [0.15, 0.2) is 0 Å². The average molecular weight is 405 g/mol. The average Bonchev–Trinajstić information content (AvgIpc) is 2.76. The summed E-state index contributed by atoms with van der Waals surface area (Å²) in [6.07, 6.45) is 23.8. The number of ether oxygens (including phenoxy) is 1. The topological polar surface area (TPSA) is 26.3 Å². The molecule has 3 fully saturated rings. The third-order valence-corrected chi connectivity index (χ3v) is 8.65. The van der Waals surface area contributed by atoms with E-state index >= 15 is 0 Å². The van der Waals surface area contributed by atoms with E-state index in [4.69, 9.17) is 4.74 Å². The normalized spacial score (nSPS) is 35.9. The van der Waals surface area contributed by atoms with Gasteiger partial charge in [0.2, 0.25) is 0 Å². The van der Waals surface area contributed by atoms with Crippen LogP contribution in [0, 0.1) is 29.6 Å². The highest BCUT2D eigenvalue weighted by molar-refractivity contribution is 5.72. The van der Waals surface area contributed by atoms with E-state index in [1.165, 1.54) is 89.9 Å². The Hall–Kier alpha value is -0.530. The first-order valence-electron chi connectivity index (χ1n) is 13.4. The first-order chi connectivity index (χ1) is 14.2.